The molecule has 1 saturated heterocycles. The van der Waals surface area contributed by atoms with E-state index in [1.807, 2.05) is 13.8 Å². The van der Waals surface area contributed by atoms with Crippen LogP contribution in [0, 0.1) is 12.7 Å². The second-order valence-corrected chi connectivity index (χ2v) is 6.29. The first-order valence-electron chi connectivity index (χ1n) is 7.78. The number of halogens is 1. The molecule has 1 aromatic carbocycles. The fraction of sp³-hybridized carbons (Fsp3) is 0.471. The zero-order valence-corrected chi connectivity index (χ0v) is 13.7. The van der Waals surface area contributed by atoms with E-state index in [9.17, 15) is 9.18 Å². The molecule has 1 fully saturated rings. The smallest absolute Gasteiger partial charge is 0.253 e. The molecule has 2 heterocycles. The number of likely N-dealkylation sites (N-methyl/N-ethyl adjacent to an activating group) is 1. The van der Waals surface area contributed by atoms with E-state index < -0.39 is 5.60 Å². The summed E-state index contributed by atoms with van der Waals surface area (Å²) < 4.78 is 19.1. The number of hydrogen-bond donors (Lipinski definition) is 2. The summed E-state index contributed by atoms with van der Waals surface area (Å²) in [6, 6.07) is 4.77. The molecule has 23 heavy (non-hydrogen) atoms. The lowest BCUT2D eigenvalue weighted by Gasteiger charge is -2.38. The van der Waals surface area contributed by atoms with E-state index in [0.717, 1.165) is 28.7 Å². The second kappa shape index (κ2) is 5.94. The maximum Gasteiger partial charge on any atom is 0.253 e. The van der Waals surface area contributed by atoms with Crippen molar-refractivity contribution in [2.45, 2.75) is 26.0 Å². The maximum atomic E-state index is 13.4. The molecular weight excluding hydrogens is 297 g/mol. The third-order valence-electron chi connectivity index (χ3n) is 4.57. The number of H-pyrrole nitrogens is 1. The highest BCUT2D eigenvalue weighted by molar-refractivity contribution is 5.85. The highest BCUT2D eigenvalue weighted by Gasteiger charge is 2.38. The van der Waals surface area contributed by atoms with Gasteiger partial charge in [0.05, 0.1) is 6.61 Å². The zero-order chi connectivity index (χ0) is 16.6. The van der Waals surface area contributed by atoms with Crippen LogP contribution in [-0.2, 0) is 16.1 Å². The number of nitrogens with one attached hydrogen (secondary N) is 2. The van der Waals surface area contributed by atoms with Gasteiger partial charge < -0.3 is 15.0 Å². The first-order valence-corrected chi connectivity index (χ1v) is 7.78. The van der Waals surface area contributed by atoms with E-state index in [1.54, 1.807) is 19.2 Å². The Bertz CT molecular complexity index is 743. The number of rotatable bonds is 3. The van der Waals surface area contributed by atoms with E-state index in [-0.39, 0.29) is 11.7 Å². The number of hydrogen-bond acceptors (Lipinski definition) is 3. The minimum atomic E-state index is -0.834. The van der Waals surface area contributed by atoms with Crippen molar-refractivity contribution < 1.29 is 13.9 Å². The molecule has 1 amide bonds. The Kier molecular flexibility index (Phi) is 4.12. The summed E-state index contributed by atoms with van der Waals surface area (Å²) in [6.07, 6.45) is 0. The largest absolute Gasteiger partial charge is 0.363 e. The van der Waals surface area contributed by atoms with Crippen LogP contribution in [0.15, 0.2) is 18.2 Å². The van der Waals surface area contributed by atoms with Crippen LogP contribution in [0.4, 0.5) is 4.39 Å². The van der Waals surface area contributed by atoms with Crippen molar-refractivity contribution in [2.75, 3.05) is 26.7 Å². The van der Waals surface area contributed by atoms with E-state index in [2.05, 4.69) is 15.2 Å². The van der Waals surface area contributed by atoms with Gasteiger partial charge in [0, 0.05) is 43.3 Å². The summed E-state index contributed by atoms with van der Waals surface area (Å²) in [5.41, 5.74) is 2.19. The van der Waals surface area contributed by atoms with Gasteiger partial charge in [0.1, 0.15) is 5.82 Å². The standard InChI is InChI=1S/C17H22FN3O2/c1-11-13-8-12(18)4-5-14(13)20-15(11)9-21-6-7-23-17(2,10-21)16(22)19-3/h4-5,8,20H,6-7,9-10H2,1-3H3,(H,19,22). The monoisotopic (exact) mass is 319 g/mol. The average molecular weight is 319 g/mol. The van der Waals surface area contributed by atoms with Crippen LogP contribution in [0.25, 0.3) is 10.9 Å². The number of benzene rings is 1. The van der Waals surface area contributed by atoms with Crippen LogP contribution in [0.3, 0.4) is 0 Å². The van der Waals surface area contributed by atoms with Gasteiger partial charge >= 0.3 is 0 Å². The molecule has 5 nitrogen and oxygen atoms in total. The predicted octanol–water partition coefficient (Wildman–Crippen LogP) is 1.95. The molecule has 1 aliphatic rings. The number of carbonyl (C=O) groups is 1. The number of ether oxygens (including phenoxy) is 1. The lowest BCUT2D eigenvalue weighted by Crippen LogP contribution is -2.57. The van der Waals surface area contributed by atoms with Gasteiger partial charge in [-0.25, -0.2) is 4.39 Å². The Balaban J connectivity index is 1.82. The highest BCUT2D eigenvalue weighted by atomic mass is 19.1. The van der Waals surface area contributed by atoms with Crippen LogP contribution >= 0.6 is 0 Å². The molecule has 1 unspecified atom stereocenters. The Morgan fingerprint density at radius 2 is 2.30 bits per heavy atom. The number of aryl methyl sites for hydroxylation is 1. The minimum absolute atomic E-state index is 0.113. The topological polar surface area (TPSA) is 57.4 Å². The summed E-state index contributed by atoms with van der Waals surface area (Å²) in [5, 5.41) is 3.56. The van der Waals surface area contributed by atoms with Crippen molar-refractivity contribution in [1.29, 1.82) is 0 Å². The third kappa shape index (κ3) is 2.96. The summed E-state index contributed by atoms with van der Waals surface area (Å²) in [4.78, 5) is 17.6. The van der Waals surface area contributed by atoms with E-state index in [4.69, 9.17) is 4.74 Å². The van der Waals surface area contributed by atoms with Crippen molar-refractivity contribution in [3.8, 4) is 0 Å². The van der Waals surface area contributed by atoms with Crippen LogP contribution in [-0.4, -0.2) is 48.1 Å². The van der Waals surface area contributed by atoms with Gasteiger partial charge in [-0.3, -0.25) is 9.69 Å². The summed E-state index contributed by atoms with van der Waals surface area (Å²) in [7, 11) is 1.62. The molecule has 1 atom stereocenters. The Morgan fingerprint density at radius 1 is 1.52 bits per heavy atom. The zero-order valence-electron chi connectivity index (χ0n) is 13.7. The fourth-order valence-electron chi connectivity index (χ4n) is 3.22. The van der Waals surface area contributed by atoms with Gasteiger partial charge in [-0.2, -0.15) is 0 Å². The van der Waals surface area contributed by atoms with Gasteiger partial charge in [-0.1, -0.05) is 0 Å². The molecule has 1 aromatic heterocycles. The number of morpholine rings is 1. The lowest BCUT2D eigenvalue weighted by atomic mass is 10.0. The molecule has 0 saturated carbocycles. The van der Waals surface area contributed by atoms with Crippen molar-refractivity contribution in [3.63, 3.8) is 0 Å². The summed E-state index contributed by atoms with van der Waals surface area (Å²) in [5.74, 6) is -0.345. The van der Waals surface area contributed by atoms with E-state index in [0.29, 0.717) is 19.7 Å². The van der Waals surface area contributed by atoms with Crippen molar-refractivity contribution in [3.05, 3.63) is 35.3 Å². The maximum absolute atomic E-state index is 13.4. The van der Waals surface area contributed by atoms with Crippen LogP contribution < -0.4 is 5.32 Å². The first kappa shape index (κ1) is 16.0. The normalized spacial score (nSPS) is 22.4. The van der Waals surface area contributed by atoms with Crippen LogP contribution in [0.2, 0.25) is 0 Å². The SMILES string of the molecule is CNC(=O)C1(C)CN(Cc2[nH]c3ccc(F)cc3c2C)CCO1. The lowest BCUT2D eigenvalue weighted by molar-refractivity contribution is -0.156. The van der Waals surface area contributed by atoms with Gasteiger partial charge in [0.15, 0.2) is 5.60 Å². The van der Waals surface area contributed by atoms with Gasteiger partial charge in [-0.05, 0) is 37.6 Å². The number of nitrogens with zero attached hydrogens (tertiary/aromatic N) is 1. The summed E-state index contributed by atoms with van der Waals surface area (Å²) in [6.45, 7) is 6.28. The molecule has 6 heteroatoms. The van der Waals surface area contributed by atoms with Crippen molar-refractivity contribution in [2.24, 2.45) is 0 Å². The molecular formula is C17H22FN3O2. The van der Waals surface area contributed by atoms with Crippen molar-refractivity contribution in [1.82, 2.24) is 15.2 Å². The minimum Gasteiger partial charge on any atom is -0.363 e. The van der Waals surface area contributed by atoms with Gasteiger partial charge in [0.2, 0.25) is 0 Å². The van der Waals surface area contributed by atoms with Crippen LogP contribution in [0.5, 0.6) is 0 Å². The Labute approximate surface area is 134 Å². The molecule has 1 aliphatic heterocycles. The number of aromatic nitrogens is 1. The molecule has 0 bridgehead atoms. The number of amides is 1. The highest BCUT2D eigenvalue weighted by Crippen LogP contribution is 2.25. The molecule has 0 spiro atoms. The van der Waals surface area contributed by atoms with Crippen molar-refractivity contribution >= 4 is 16.8 Å². The van der Waals surface area contributed by atoms with Gasteiger partial charge in [0.25, 0.3) is 5.91 Å². The van der Waals surface area contributed by atoms with E-state index in [1.165, 1.54) is 6.07 Å². The Morgan fingerprint density at radius 3 is 3.04 bits per heavy atom. The molecule has 2 aromatic rings. The number of aromatic amines is 1. The molecule has 124 valence electrons. The fourth-order valence-corrected chi connectivity index (χ4v) is 3.22. The quantitative estimate of drug-likeness (QED) is 0.909. The average Bonchev–Trinajstić information content (AvgIpc) is 2.83. The van der Waals surface area contributed by atoms with E-state index >= 15 is 0 Å². The third-order valence-corrected chi connectivity index (χ3v) is 4.57. The molecule has 2 N–H and O–H groups in total. The number of carbonyl (C=O) groups excluding carboxylic acids is 1. The molecule has 0 radical (unpaired) electrons. The second-order valence-electron chi connectivity index (χ2n) is 6.29. The molecule has 3 rings (SSSR count). The molecule has 0 aliphatic carbocycles. The summed E-state index contributed by atoms with van der Waals surface area (Å²) >= 11 is 0. The van der Waals surface area contributed by atoms with Crippen LogP contribution in [0.1, 0.15) is 18.2 Å². The Hall–Kier alpha value is -1.92. The van der Waals surface area contributed by atoms with Gasteiger partial charge in [-0.15, -0.1) is 0 Å². The number of fused-ring (bicyclic) bond motifs is 1. The first-order chi connectivity index (χ1) is 10.9. The predicted molar refractivity (Wildman–Crippen MR) is 86.7 cm³/mol.